The van der Waals surface area contributed by atoms with E-state index in [-0.39, 0.29) is 16.8 Å². The molecule has 0 atom stereocenters. The number of pyridine rings is 1. The Morgan fingerprint density at radius 1 is 1.15 bits per heavy atom. The first kappa shape index (κ1) is 13.7. The highest BCUT2D eigenvalue weighted by molar-refractivity contribution is 6.08. The molecule has 0 bridgehead atoms. The summed E-state index contributed by atoms with van der Waals surface area (Å²) < 4.78 is 0. The van der Waals surface area contributed by atoms with Crippen LogP contribution in [0.15, 0.2) is 41.3 Å². The van der Waals surface area contributed by atoms with Crippen LogP contribution in [-0.2, 0) is 0 Å². The molecular weight excluding hydrogens is 256 g/mol. The number of aromatic nitrogens is 1. The largest absolute Gasteiger partial charge is 0.364 e. The lowest BCUT2D eigenvalue weighted by atomic mass is 10.1. The van der Waals surface area contributed by atoms with E-state index in [0.717, 1.165) is 0 Å². The maximum absolute atomic E-state index is 12.1. The molecule has 1 aromatic heterocycles. The molecule has 1 aromatic carbocycles. The van der Waals surface area contributed by atoms with Crippen molar-refractivity contribution >= 4 is 17.4 Å². The zero-order valence-corrected chi connectivity index (χ0v) is 11.2. The number of amides is 1. The first-order chi connectivity index (χ1) is 9.49. The van der Waals surface area contributed by atoms with E-state index in [2.05, 4.69) is 10.3 Å². The third-order valence-corrected chi connectivity index (χ3v) is 2.86. The Labute approximate surface area is 115 Å². The minimum atomic E-state index is -0.542. The lowest BCUT2D eigenvalue weighted by molar-refractivity contribution is 0.101. The monoisotopic (exact) mass is 270 g/mol. The number of benzene rings is 1. The van der Waals surface area contributed by atoms with Gasteiger partial charge in [0.05, 0.1) is 5.69 Å². The normalized spacial score (nSPS) is 10.1. The van der Waals surface area contributed by atoms with E-state index in [4.69, 9.17) is 0 Å². The molecule has 2 aromatic rings. The molecule has 2 rings (SSSR count). The molecule has 0 radical (unpaired) electrons. The van der Waals surface area contributed by atoms with Gasteiger partial charge in [0, 0.05) is 23.5 Å². The number of hydrogen-bond donors (Lipinski definition) is 2. The van der Waals surface area contributed by atoms with Gasteiger partial charge >= 0.3 is 0 Å². The van der Waals surface area contributed by atoms with E-state index in [9.17, 15) is 14.4 Å². The Bertz CT molecular complexity index is 732. The molecule has 0 fully saturated rings. The van der Waals surface area contributed by atoms with Crippen molar-refractivity contribution < 1.29 is 9.59 Å². The number of aromatic amines is 1. The first-order valence-corrected chi connectivity index (χ1v) is 6.09. The summed E-state index contributed by atoms with van der Waals surface area (Å²) >= 11 is 0. The van der Waals surface area contributed by atoms with Crippen LogP contribution < -0.4 is 10.7 Å². The molecule has 2 N–H and O–H groups in total. The maximum Gasteiger partial charge on any atom is 0.261 e. The van der Waals surface area contributed by atoms with Crippen LogP contribution >= 0.6 is 0 Å². The van der Waals surface area contributed by atoms with Crippen LogP contribution in [0.2, 0.25) is 0 Å². The topological polar surface area (TPSA) is 79.0 Å². The summed E-state index contributed by atoms with van der Waals surface area (Å²) in [5.74, 6) is -0.696. The fourth-order valence-corrected chi connectivity index (χ4v) is 1.84. The average Bonchev–Trinajstić information content (AvgIpc) is 2.38. The van der Waals surface area contributed by atoms with Crippen LogP contribution in [0.4, 0.5) is 5.69 Å². The Kier molecular flexibility index (Phi) is 3.79. The number of aryl methyl sites for hydroxylation is 1. The highest BCUT2D eigenvalue weighted by atomic mass is 16.2. The number of H-pyrrole nitrogens is 1. The smallest absolute Gasteiger partial charge is 0.261 e. The van der Waals surface area contributed by atoms with E-state index in [1.54, 1.807) is 31.2 Å². The number of ketones is 1. The lowest BCUT2D eigenvalue weighted by Gasteiger charge is -2.08. The lowest BCUT2D eigenvalue weighted by Crippen LogP contribution is -2.22. The number of para-hydroxylation sites is 1. The number of hydrogen-bond acceptors (Lipinski definition) is 3. The first-order valence-electron chi connectivity index (χ1n) is 6.09. The molecule has 0 aliphatic carbocycles. The van der Waals surface area contributed by atoms with Crippen LogP contribution in [-0.4, -0.2) is 16.7 Å². The van der Waals surface area contributed by atoms with Gasteiger partial charge in [-0.05, 0) is 26.0 Å². The molecule has 0 saturated heterocycles. The van der Waals surface area contributed by atoms with Gasteiger partial charge in [-0.15, -0.1) is 0 Å². The number of anilines is 1. The van der Waals surface area contributed by atoms with Crippen molar-refractivity contribution in [2.75, 3.05) is 5.32 Å². The van der Waals surface area contributed by atoms with Gasteiger partial charge in [-0.25, -0.2) is 0 Å². The van der Waals surface area contributed by atoms with Crippen LogP contribution in [0.1, 0.15) is 33.3 Å². The third-order valence-electron chi connectivity index (χ3n) is 2.86. The van der Waals surface area contributed by atoms with Gasteiger partial charge in [0.15, 0.2) is 11.2 Å². The van der Waals surface area contributed by atoms with Crippen molar-refractivity contribution in [1.82, 2.24) is 4.98 Å². The summed E-state index contributed by atoms with van der Waals surface area (Å²) in [6.07, 6.45) is 1.36. The quantitative estimate of drug-likeness (QED) is 0.839. The van der Waals surface area contributed by atoms with Crippen molar-refractivity contribution in [3.05, 3.63) is 63.6 Å². The van der Waals surface area contributed by atoms with E-state index in [0.29, 0.717) is 16.9 Å². The SMILES string of the molecule is CC(=O)c1ccccc1NC(=O)c1c[nH]c(C)cc1=O. The second-order valence-electron chi connectivity index (χ2n) is 4.45. The van der Waals surface area contributed by atoms with E-state index >= 15 is 0 Å². The summed E-state index contributed by atoms with van der Waals surface area (Å²) in [5, 5.41) is 2.59. The number of nitrogens with one attached hydrogen (secondary N) is 2. The van der Waals surface area contributed by atoms with Crippen LogP contribution in [0.25, 0.3) is 0 Å². The van der Waals surface area contributed by atoms with Crippen molar-refractivity contribution in [3.63, 3.8) is 0 Å². The Balaban J connectivity index is 2.33. The summed E-state index contributed by atoms with van der Waals surface area (Å²) in [6, 6.07) is 8.02. The summed E-state index contributed by atoms with van der Waals surface area (Å²) in [7, 11) is 0. The highest BCUT2D eigenvalue weighted by Gasteiger charge is 2.13. The van der Waals surface area contributed by atoms with Gasteiger partial charge < -0.3 is 10.3 Å². The predicted molar refractivity (Wildman–Crippen MR) is 76.2 cm³/mol. The summed E-state index contributed by atoms with van der Waals surface area (Å²) in [5.41, 5.74) is 1.12. The van der Waals surface area contributed by atoms with Gasteiger partial charge in [-0.1, -0.05) is 12.1 Å². The second-order valence-corrected chi connectivity index (χ2v) is 4.45. The third kappa shape index (κ3) is 2.83. The minimum absolute atomic E-state index is 0.00829. The van der Waals surface area contributed by atoms with Crippen molar-refractivity contribution in [1.29, 1.82) is 0 Å². The molecule has 1 heterocycles. The number of rotatable bonds is 3. The van der Waals surface area contributed by atoms with Crippen LogP contribution in [0, 0.1) is 6.92 Å². The fraction of sp³-hybridized carbons (Fsp3) is 0.133. The van der Waals surface area contributed by atoms with E-state index in [1.807, 2.05) is 0 Å². The zero-order valence-electron chi connectivity index (χ0n) is 11.2. The van der Waals surface area contributed by atoms with Gasteiger partial charge in [-0.3, -0.25) is 14.4 Å². The van der Waals surface area contributed by atoms with Gasteiger partial charge in [0.2, 0.25) is 0 Å². The number of carbonyl (C=O) groups is 2. The highest BCUT2D eigenvalue weighted by Crippen LogP contribution is 2.16. The standard InChI is InChI=1S/C15H14N2O3/c1-9-7-14(19)12(8-16-9)15(20)17-13-6-4-3-5-11(13)10(2)18/h3-8H,1-2H3,(H,16,19)(H,17,20). The Morgan fingerprint density at radius 3 is 2.50 bits per heavy atom. The van der Waals surface area contributed by atoms with Gasteiger partial charge in [0.1, 0.15) is 5.56 Å². The minimum Gasteiger partial charge on any atom is -0.364 e. The maximum atomic E-state index is 12.1. The summed E-state index contributed by atoms with van der Waals surface area (Å²) in [6.45, 7) is 3.15. The van der Waals surface area contributed by atoms with E-state index < -0.39 is 5.91 Å². The molecule has 5 heteroatoms. The van der Waals surface area contributed by atoms with Crippen molar-refractivity contribution in [3.8, 4) is 0 Å². The van der Waals surface area contributed by atoms with Gasteiger partial charge in [0.25, 0.3) is 5.91 Å². The second kappa shape index (κ2) is 5.52. The molecule has 102 valence electrons. The molecule has 20 heavy (non-hydrogen) atoms. The van der Waals surface area contributed by atoms with Crippen molar-refractivity contribution in [2.24, 2.45) is 0 Å². The molecule has 5 nitrogen and oxygen atoms in total. The molecule has 0 aliphatic heterocycles. The predicted octanol–water partition coefficient (Wildman–Crippen LogP) is 2.14. The Hall–Kier alpha value is -2.69. The fourth-order valence-electron chi connectivity index (χ4n) is 1.84. The van der Waals surface area contributed by atoms with Gasteiger partial charge in [-0.2, -0.15) is 0 Å². The van der Waals surface area contributed by atoms with Crippen LogP contribution in [0.5, 0.6) is 0 Å². The molecule has 0 spiro atoms. The van der Waals surface area contributed by atoms with E-state index in [1.165, 1.54) is 19.2 Å². The summed E-state index contributed by atoms with van der Waals surface area (Å²) in [4.78, 5) is 38.1. The Morgan fingerprint density at radius 2 is 1.85 bits per heavy atom. The molecule has 1 amide bonds. The zero-order chi connectivity index (χ0) is 14.7. The number of Topliss-reactive ketones (excluding diaryl/α,β-unsaturated/α-hetero) is 1. The van der Waals surface area contributed by atoms with Crippen molar-refractivity contribution in [2.45, 2.75) is 13.8 Å². The molecule has 0 saturated carbocycles. The molecule has 0 unspecified atom stereocenters. The van der Waals surface area contributed by atoms with Crippen LogP contribution in [0.3, 0.4) is 0 Å². The molecular formula is C15H14N2O3. The molecule has 0 aliphatic rings. The average molecular weight is 270 g/mol. The number of carbonyl (C=O) groups excluding carboxylic acids is 2.